The van der Waals surface area contributed by atoms with E-state index in [2.05, 4.69) is 5.32 Å². The fourth-order valence-electron chi connectivity index (χ4n) is 2.63. The second-order valence-electron chi connectivity index (χ2n) is 4.91. The molecule has 0 radical (unpaired) electrons. The van der Waals surface area contributed by atoms with E-state index in [1.165, 1.54) is 12.1 Å². The van der Waals surface area contributed by atoms with Crippen molar-refractivity contribution in [2.24, 2.45) is 17.6 Å². The van der Waals surface area contributed by atoms with Gasteiger partial charge in [-0.25, -0.2) is 4.79 Å². The topological polar surface area (TPSA) is 92.4 Å². The summed E-state index contributed by atoms with van der Waals surface area (Å²) in [6.45, 7) is 0.521. The summed E-state index contributed by atoms with van der Waals surface area (Å²) < 4.78 is 0. The van der Waals surface area contributed by atoms with Gasteiger partial charge in [-0.3, -0.25) is 4.79 Å². The molecule has 102 valence electrons. The van der Waals surface area contributed by atoms with Crippen LogP contribution < -0.4 is 11.1 Å². The molecule has 1 saturated carbocycles. The van der Waals surface area contributed by atoms with Gasteiger partial charge in [-0.1, -0.05) is 12.5 Å². The van der Waals surface area contributed by atoms with Crippen LogP contribution in [-0.2, 0) is 4.79 Å². The number of carbonyl (C=O) groups is 2. The number of rotatable bonds is 4. The van der Waals surface area contributed by atoms with Gasteiger partial charge in [0.2, 0.25) is 5.91 Å². The van der Waals surface area contributed by atoms with Gasteiger partial charge in [0.25, 0.3) is 0 Å². The van der Waals surface area contributed by atoms with E-state index < -0.39 is 5.97 Å². The highest BCUT2D eigenvalue weighted by Crippen LogP contribution is 2.31. The minimum atomic E-state index is -1.00. The fourth-order valence-corrected chi connectivity index (χ4v) is 2.63. The van der Waals surface area contributed by atoms with Crippen LogP contribution in [0.15, 0.2) is 24.3 Å². The summed E-state index contributed by atoms with van der Waals surface area (Å²) in [4.78, 5) is 23.0. The number of carboxylic acid groups (broad SMARTS) is 1. The molecular weight excluding hydrogens is 244 g/mol. The number of benzene rings is 1. The molecule has 1 fully saturated rings. The Bertz CT molecular complexity index is 487. The lowest BCUT2D eigenvalue weighted by Gasteiger charge is -2.17. The van der Waals surface area contributed by atoms with Gasteiger partial charge in [-0.05, 0) is 43.5 Å². The average molecular weight is 262 g/mol. The van der Waals surface area contributed by atoms with Crippen molar-refractivity contribution in [2.75, 3.05) is 11.9 Å². The largest absolute Gasteiger partial charge is 0.478 e. The first kappa shape index (κ1) is 13.5. The second kappa shape index (κ2) is 5.84. The Morgan fingerprint density at radius 2 is 2.16 bits per heavy atom. The summed E-state index contributed by atoms with van der Waals surface area (Å²) in [5, 5.41) is 11.7. The number of amides is 1. The van der Waals surface area contributed by atoms with Crippen molar-refractivity contribution in [1.29, 1.82) is 0 Å². The quantitative estimate of drug-likeness (QED) is 0.770. The van der Waals surface area contributed by atoms with E-state index in [9.17, 15) is 9.59 Å². The van der Waals surface area contributed by atoms with Crippen LogP contribution in [0.3, 0.4) is 0 Å². The van der Waals surface area contributed by atoms with Gasteiger partial charge in [0, 0.05) is 11.6 Å². The molecule has 0 saturated heterocycles. The first-order valence-electron chi connectivity index (χ1n) is 6.46. The van der Waals surface area contributed by atoms with E-state index in [-0.39, 0.29) is 23.3 Å². The van der Waals surface area contributed by atoms with Crippen molar-refractivity contribution in [1.82, 2.24) is 0 Å². The van der Waals surface area contributed by atoms with Gasteiger partial charge in [0.1, 0.15) is 0 Å². The maximum atomic E-state index is 12.2. The van der Waals surface area contributed by atoms with E-state index in [0.717, 1.165) is 19.3 Å². The highest BCUT2D eigenvalue weighted by atomic mass is 16.4. The molecule has 0 aliphatic heterocycles. The molecule has 2 atom stereocenters. The molecule has 1 aliphatic rings. The lowest BCUT2D eigenvalue weighted by molar-refractivity contribution is -0.120. The highest BCUT2D eigenvalue weighted by molar-refractivity contribution is 5.95. The summed E-state index contributed by atoms with van der Waals surface area (Å²) in [5.41, 5.74) is 6.35. The summed E-state index contributed by atoms with van der Waals surface area (Å²) in [5.74, 6) is -0.881. The number of nitrogens with one attached hydrogen (secondary N) is 1. The molecule has 0 bridgehead atoms. The first-order valence-corrected chi connectivity index (χ1v) is 6.46. The van der Waals surface area contributed by atoms with Crippen molar-refractivity contribution in [3.05, 3.63) is 29.8 Å². The summed E-state index contributed by atoms with van der Waals surface area (Å²) in [6.07, 6.45) is 2.87. The molecule has 1 aromatic carbocycles. The minimum absolute atomic E-state index is 0.0570. The lowest BCUT2D eigenvalue weighted by Crippen LogP contribution is -2.29. The Labute approximate surface area is 111 Å². The maximum absolute atomic E-state index is 12.2. The molecule has 0 heterocycles. The number of carbonyl (C=O) groups excluding carboxylic acids is 1. The fraction of sp³-hybridized carbons (Fsp3) is 0.429. The van der Waals surface area contributed by atoms with Crippen LogP contribution in [0.4, 0.5) is 5.69 Å². The zero-order valence-corrected chi connectivity index (χ0v) is 10.6. The van der Waals surface area contributed by atoms with Crippen LogP contribution in [0.2, 0.25) is 0 Å². The summed E-state index contributed by atoms with van der Waals surface area (Å²) >= 11 is 0. The Kier molecular flexibility index (Phi) is 4.16. The third kappa shape index (κ3) is 3.12. The zero-order valence-electron chi connectivity index (χ0n) is 10.6. The van der Waals surface area contributed by atoms with E-state index in [1.54, 1.807) is 12.1 Å². The number of hydrogen-bond donors (Lipinski definition) is 3. The molecular formula is C14H18N2O3. The number of hydrogen-bond acceptors (Lipinski definition) is 3. The molecule has 0 spiro atoms. The Balaban J connectivity index is 2.06. The second-order valence-corrected chi connectivity index (χ2v) is 4.91. The number of anilines is 1. The monoisotopic (exact) mass is 262 g/mol. The Morgan fingerprint density at radius 3 is 2.84 bits per heavy atom. The third-order valence-corrected chi connectivity index (χ3v) is 3.68. The molecule has 2 unspecified atom stereocenters. The lowest BCUT2D eigenvalue weighted by atomic mass is 9.95. The minimum Gasteiger partial charge on any atom is -0.478 e. The van der Waals surface area contributed by atoms with Crippen LogP contribution >= 0.6 is 0 Å². The van der Waals surface area contributed by atoms with Gasteiger partial charge in [0.15, 0.2) is 0 Å². The predicted octanol–water partition coefficient (Wildman–Crippen LogP) is 1.70. The van der Waals surface area contributed by atoms with Crippen molar-refractivity contribution < 1.29 is 14.7 Å². The number of carboxylic acids is 1. The highest BCUT2D eigenvalue weighted by Gasteiger charge is 2.31. The Morgan fingerprint density at radius 1 is 1.37 bits per heavy atom. The maximum Gasteiger partial charge on any atom is 0.335 e. The predicted molar refractivity (Wildman–Crippen MR) is 71.9 cm³/mol. The van der Waals surface area contributed by atoms with Gasteiger partial charge in [-0.2, -0.15) is 0 Å². The number of aromatic carboxylic acids is 1. The van der Waals surface area contributed by atoms with Crippen LogP contribution in [0.25, 0.3) is 0 Å². The first-order chi connectivity index (χ1) is 9.11. The standard InChI is InChI=1S/C14H18N2O3/c15-8-10-4-2-6-12(10)13(17)16-11-5-1-3-9(7-11)14(18)19/h1,3,5,7,10,12H,2,4,6,8,15H2,(H,16,17)(H,18,19). The SMILES string of the molecule is NCC1CCCC1C(=O)Nc1cccc(C(=O)O)c1. The normalized spacial score (nSPS) is 22.2. The average Bonchev–Trinajstić information content (AvgIpc) is 2.87. The Hall–Kier alpha value is -1.88. The van der Waals surface area contributed by atoms with E-state index in [1.807, 2.05) is 0 Å². The van der Waals surface area contributed by atoms with Crippen molar-refractivity contribution in [3.63, 3.8) is 0 Å². The molecule has 1 amide bonds. The van der Waals surface area contributed by atoms with Crippen molar-refractivity contribution in [2.45, 2.75) is 19.3 Å². The zero-order chi connectivity index (χ0) is 13.8. The van der Waals surface area contributed by atoms with E-state index >= 15 is 0 Å². The van der Waals surface area contributed by atoms with E-state index in [4.69, 9.17) is 10.8 Å². The smallest absolute Gasteiger partial charge is 0.335 e. The molecule has 5 nitrogen and oxygen atoms in total. The van der Waals surface area contributed by atoms with Crippen LogP contribution in [0.1, 0.15) is 29.6 Å². The van der Waals surface area contributed by atoms with Crippen LogP contribution in [0.5, 0.6) is 0 Å². The molecule has 1 aromatic rings. The van der Waals surface area contributed by atoms with Crippen LogP contribution in [0, 0.1) is 11.8 Å². The molecule has 19 heavy (non-hydrogen) atoms. The molecule has 5 heteroatoms. The van der Waals surface area contributed by atoms with Crippen molar-refractivity contribution >= 4 is 17.6 Å². The van der Waals surface area contributed by atoms with E-state index in [0.29, 0.717) is 12.2 Å². The number of nitrogens with two attached hydrogens (primary N) is 1. The molecule has 1 aliphatic carbocycles. The van der Waals surface area contributed by atoms with Crippen LogP contribution in [-0.4, -0.2) is 23.5 Å². The van der Waals surface area contributed by atoms with Gasteiger partial charge < -0.3 is 16.2 Å². The van der Waals surface area contributed by atoms with Gasteiger partial charge >= 0.3 is 5.97 Å². The van der Waals surface area contributed by atoms with Gasteiger partial charge in [0.05, 0.1) is 5.56 Å². The summed E-state index contributed by atoms with van der Waals surface area (Å²) in [6, 6.07) is 6.27. The third-order valence-electron chi connectivity index (χ3n) is 3.68. The van der Waals surface area contributed by atoms with Crippen molar-refractivity contribution in [3.8, 4) is 0 Å². The molecule has 4 N–H and O–H groups in total. The summed E-state index contributed by atoms with van der Waals surface area (Å²) in [7, 11) is 0. The van der Waals surface area contributed by atoms with Gasteiger partial charge in [-0.15, -0.1) is 0 Å². The molecule has 0 aromatic heterocycles. The molecule has 2 rings (SSSR count).